The fraction of sp³-hybridized carbons (Fsp3) is 0.375. The molecule has 21 heavy (non-hydrogen) atoms. The molecule has 0 aliphatic rings. The lowest BCUT2D eigenvalue weighted by molar-refractivity contribution is -0.117. The Morgan fingerprint density at radius 3 is 2.81 bits per heavy atom. The van der Waals surface area contributed by atoms with Crippen LogP contribution >= 0.6 is 15.9 Å². The van der Waals surface area contributed by atoms with Crippen LogP contribution in [0.1, 0.15) is 32.8 Å². The van der Waals surface area contributed by atoms with Crippen molar-refractivity contribution in [2.45, 2.75) is 33.2 Å². The van der Waals surface area contributed by atoms with Gasteiger partial charge in [-0.15, -0.1) is 0 Å². The van der Waals surface area contributed by atoms with E-state index in [0.29, 0.717) is 17.9 Å². The van der Waals surface area contributed by atoms with Crippen LogP contribution in [-0.4, -0.2) is 18.6 Å². The van der Waals surface area contributed by atoms with Gasteiger partial charge in [0.25, 0.3) is 5.91 Å². The maximum absolute atomic E-state index is 11.9. The Morgan fingerprint density at radius 1 is 1.52 bits per heavy atom. The molecule has 1 N–H and O–H groups in total. The van der Waals surface area contributed by atoms with Crippen molar-refractivity contribution < 1.29 is 9.53 Å². The first-order valence-corrected chi connectivity index (χ1v) is 7.62. The molecule has 112 valence electrons. The minimum atomic E-state index is -0.381. The molecule has 4 nitrogen and oxygen atoms in total. The van der Waals surface area contributed by atoms with E-state index < -0.39 is 0 Å². The highest BCUT2D eigenvalue weighted by Crippen LogP contribution is 2.25. The number of carbonyl (C=O) groups is 1. The summed E-state index contributed by atoms with van der Waals surface area (Å²) in [5.74, 6) is 0.277. The smallest absolute Gasteiger partial charge is 0.262 e. The van der Waals surface area contributed by atoms with Gasteiger partial charge >= 0.3 is 0 Å². The lowest BCUT2D eigenvalue weighted by atomic mass is 10.1. The van der Waals surface area contributed by atoms with Crippen molar-refractivity contribution in [2.75, 3.05) is 6.61 Å². The molecule has 0 fully saturated rings. The van der Waals surface area contributed by atoms with E-state index in [0.717, 1.165) is 10.9 Å². The van der Waals surface area contributed by atoms with Crippen LogP contribution in [0.4, 0.5) is 0 Å². The van der Waals surface area contributed by atoms with Gasteiger partial charge in [-0.3, -0.25) is 4.79 Å². The Balaban J connectivity index is 3.12. The second kappa shape index (κ2) is 8.48. The molecule has 1 rings (SSSR count). The van der Waals surface area contributed by atoms with Crippen LogP contribution in [0.15, 0.2) is 28.2 Å². The lowest BCUT2D eigenvalue weighted by Gasteiger charge is -2.10. The third kappa shape index (κ3) is 5.60. The quantitative estimate of drug-likeness (QED) is 0.628. The van der Waals surface area contributed by atoms with Crippen molar-refractivity contribution >= 4 is 27.9 Å². The fourth-order valence-corrected chi connectivity index (χ4v) is 2.00. The summed E-state index contributed by atoms with van der Waals surface area (Å²) in [6.07, 6.45) is 2.44. The Morgan fingerprint density at radius 2 is 2.24 bits per heavy atom. The van der Waals surface area contributed by atoms with Gasteiger partial charge in [-0.2, -0.15) is 5.26 Å². The number of halogens is 1. The third-order valence-electron chi connectivity index (χ3n) is 2.52. The first-order valence-electron chi connectivity index (χ1n) is 6.83. The first-order chi connectivity index (χ1) is 9.97. The van der Waals surface area contributed by atoms with Crippen molar-refractivity contribution in [1.29, 1.82) is 5.26 Å². The number of rotatable bonds is 6. The zero-order valence-corrected chi connectivity index (χ0v) is 14.0. The number of carbonyl (C=O) groups excluding carboxylic acids is 1. The van der Waals surface area contributed by atoms with E-state index in [-0.39, 0.29) is 17.5 Å². The van der Waals surface area contributed by atoms with Crippen LogP contribution in [0.3, 0.4) is 0 Å². The Labute approximate surface area is 133 Å². The average molecular weight is 351 g/mol. The lowest BCUT2D eigenvalue weighted by Crippen LogP contribution is -2.30. The molecule has 0 heterocycles. The van der Waals surface area contributed by atoms with E-state index in [2.05, 4.69) is 21.2 Å². The van der Waals surface area contributed by atoms with Crippen molar-refractivity contribution in [2.24, 2.45) is 0 Å². The van der Waals surface area contributed by atoms with Crippen LogP contribution < -0.4 is 10.1 Å². The van der Waals surface area contributed by atoms with Gasteiger partial charge in [-0.05, 0) is 44.5 Å². The number of hydrogen-bond donors (Lipinski definition) is 1. The van der Waals surface area contributed by atoms with Crippen molar-refractivity contribution in [3.8, 4) is 11.8 Å². The predicted octanol–water partition coefficient (Wildman–Crippen LogP) is 3.67. The number of hydrogen-bond acceptors (Lipinski definition) is 3. The van der Waals surface area contributed by atoms with Crippen molar-refractivity contribution in [3.05, 3.63) is 33.8 Å². The topological polar surface area (TPSA) is 62.1 Å². The van der Waals surface area contributed by atoms with Gasteiger partial charge in [0.15, 0.2) is 0 Å². The molecule has 0 spiro atoms. The summed E-state index contributed by atoms with van der Waals surface area (Å²) in [5.41, 5.74) is 0.761. The molecule has 0 radical (unpaired) electrons. The molecule has 0 aliphatic carbocycles. The monoisotopic (exact) mass is 350 g/mol. The maximum Gasteiger partial charge on any atom is 0.262 e. The van der Waals surface area contributed by atoms with E-state index in [4.69, 9.17) is 4.74 Å². The summed E-state index contributed by atoms with van der Waals surface area (Å²) in [6, 6.07) is 7.42. The van der Waals surface area contributed by atoms with E-state index in [9.17, 15) is 10.1 Å². The van der Waals surface area contributed by atoms with Crippen molar-refractivity contribution in [1.82, 2.24) is 5.32 Å². The Bertz CT molecular complexity index is 574. The zero-order valence-electron chi connectivity index (χ0n) is 12.4. The molecule has 5 heteroatoms. The summed E-state index contributed by atoms with van der Waals surface area (Å²) < 4.78 is 6.50. The molecule has 0 aliphatic heterocycles. The molecular weight excluding hydrogens is 332 g/mol. The number of nitrogens with zero attached hydrogens (tertiary/aromatic N) is 1. The van der Waals surface area contributed by atoms with E-state index in [1.807, 2.05) is 45.0 Å². The minimum absolute atomic E-state index is 0.0208. The second-order valence-electron chi connectivity index (χ2n) is 4.83. The Kier molecular flexibility index (Phi) is 6.97. The van der Waals surface area contributed by atoms with Gasteiger partial charge in [0, 0.05) is 16.1 Å². The van der Waals surface area contributed by atoms with Crippen molar-refractivity contribution in [3.63, 3.8) is 0 Å². The van der Waals surface area contributed by atoms with E-state index in [1.54, 1.807) is 6.08 Å². The zero-order chi connectivity index (χ0) is 15.8. The summed E-state index contributed by atoms with van der Waals surface area (Å²) in [4.78, 5) is 11.9. The molecule has 0 atom stereocenters. The van der Waals surface area contributed by atoms with Crippen LogP contribution in [0.2, 0.25) is 0 Å². The van der Waals surface area contributed by atoms with E-state index >= 15 is 0 Å². The summed E-state index contributed by atoms with van der Waals surface area (Å²) in [5, 5.41) is 11.9. The average Bonchev–Trinajstić information content (AvgIpc) is 2.42. The molecular formula is C16H19BrN2O2. The van der Waals surface area contributed by atoms with Gasteiger partial charge in [-0.25, -0.2) is 0 Å². The molecule has 0 bridgehead atoms. The SMILES string of the molecule is CCCOc1ccc(Br)cc1/C=C(\C#N)C(=O)NC(C)C. The minimum Gasteiger partial charge on any atom is -0.493 e. The summed E-state index contributed by atoms with van der Waals surface area (Å²) in [7, 11) is 0. The number of nitriles is 1. The van der Waals surface area contributed by atoms with Crippen LogP contribution in [-0.2, 0) is 4.79 Å². The highest BCUT2D eigenvalue weighted by atomic mass is 79.9. The van der Waals surface area contributed by atoms with Crippen LogP contribution in [0.5, 0.6) is 5.75 Å². The molecule has 0 unspecified atom stereocenters. The normalized spacial score (nSPS) is 11.1. The largest absolute Gasteiger partial charge is 0.493 e. The van der Waals surface area contributed by atoms with Gasteiger partial charge in [0.2, 0.25) is 0 Å². The summed E-state index contributed by atoms with van der Waals surface area (Å²) in [6.45, 7) is 6.30. The van der Waals surface area contributed by atoms with Gasteiger partial charge in [0.1, 0.15) is 17.4 Å². The summed E-state index contributed by atoms with van der Waals surface area (Å²) >= 11 is 3.39. The second-order valence-corrected chi connectivity index (χ2v) is 5.74. The molecule has 1 amide bonds. The van der Waals surface area contributed by atoms with Crippen LogP contribution in [0.25, 0.3) is 6.08 Å². The number of benzene rings is 1. The molecule has 1 aromatic rings. The number of nitrogens with one attached hydrogen (secondary N) is 1. The van der Waals surface area contributed by atoms with Gasteiger partial charge < -0.3 is 10.1 Å². The molecule has 0 saturated carbocycles. The van der Waals surface area contributed by atoms with Gasteiger partial charge in [0.05, 0.1) is 6.61 Å². The van der Waals surface area contributed by atoms with E-state index in [1.165, 1.54) is 0 Å². The highest BCUT2D eigenvalue weighted by Gasteiger charge is 2.12. The Hall–Kier alpha value is -1.80. The first kappa shape index (κ1) is 17.3. The fourth-order valence-electron chi connectivity index (χ4n) is 1.62. The molecule has 0 saturated heterocycles. The van der Waals surface area contributed by atoms with Gasteiger partial charge in [-0.1, -0.05) is 22.9 Å². The molecule has 1 aromatic carbocycles. The molecule has 0 aromatic heterocycles. The number of ether oxygens (including phenoxy) is 1. The third-order valence-corrected chi connectivity index (χ3v) is 3.01. The highest BCUT2D eigenvalue weighted by molar-refractivity contribution is 9.10. The standard InChI is InChI=1S/C16H19BrN2O2/c1-4-7-21-15-6-5-14(17)9-12(15)8-13(10-18)16(20)19-11(2)3/h5-6,8-9,11H,4,7H2,1-3H3,(H,19,20)/b13-8+. The van der Waals surface area contributed by atoms with Crippen LogP contribution in [0, 0.1) is 11.3 Å². The number of amides is 1. The maximum atomic E-state index is 11.9. The predicted molar refractivity (Wildman–Crippen MR) is 86.8 cm³/mol.